The topological polar surface area (TPSA) is 89.7 Å². The summed E-state index contributed by atoms with van der Waals surface area (Å²) >= 11 is 5.69. The minimum absolute atomic E-state index is 0.00922. The van der Waals surface area contributed by atoms with Crippen LogP contribution in [0.15, 0.2) is 41.3 Å². The van der Waals surface area contributed by atoms with Crippen LogP contribution in [0.3, 0.4) is 0 Å². The highest BCUT2D eigenvalue weighted by Crippen LogP contribution is 2.34. The predicted molar refractivity (Wildman–Crippen MR) is 95.4 cm³/mol. The van der Waals surface area contributed by atoms with Crippen LogP contribution in [0.4, 0.5) is 10.1 Å². The minimum atomic E-state index is -3.80. The van der Waals surface area contributed by atoms with Crippen LogP contribution in [0, 0.1) is 5.82 Å². The Kier molecular flexibility index (Phi) is 4.92. The van der Waals surface area contributed by atoms with Gasteiger partial charge >= 0.3 is 0 Å². The van der Waals surface area contributed by atoms with E-state index in [-0.39, 0.29) is 34.2 Å². The highest BCUT2D eigenvalue weighted by atomic mass is 35.5. The molecular weight excluding hydrogens is 383 g/mol. The molecule has 2 aromatic carbocycles. The summed E-state index contributed by atoms with van der Waals surface area (Å²) in [7, 11) is -3.80. The molecule has 0 saturated carbocycles. The number of hydrogen-bond acceptors (Lipinski definition) is 4. The second-order valence-electron chi connectivity index (χ2n) is 6.02. The van der Waals surface area contributed by atoms with Crippen LogP contribution in [-0.2, 0) is 21.2 Å². The lowest BCUT2D eigenvalue weighted by Crippen LogP contribution is -2.39. The van der Waals surface area contributed by atoms with E-state index in [1.54, 1.807) is 11.0 Å². The van der Waals surface area contributed by atoms with Gasteiger partial charge < -0.3 is 9.64 Å². The van der Waals surface area contributed by atoms with E-state index in [0.717, 1.165) is 11.6 Å². The lowest BCUT2D eigenvalue weighted by molar-refractivity contribution is -0.120. The van der Waals surface area contributed by atoms with Gasteiger partial charge in [-0.15, -0.1) is 0 Å². The Balaban J connectivity index is 1.77. The molecule has 1 atom stereocenters. The number of amides is 1. The van der Waals surface area contributed by atoms with Crippen molar-refractivity contribution in [3.8, 4) is 5.75 Å². The van der Waals surface area contributed by atoms with Crippen LogP contribution in [-0.4, -0.2) is 27.0 Å². The first kappa shape index (κ1) is 18.6. The summed E-state index contributed by atoms with van der Waals surface area (Å²) < 4.78 is 41.5. The zero-order chi connectivity index (χ0) is 19.1. The van der Waals surface area contributed by atoms with Gasteiger partial charge in [0.15, 0.2) is 6.61 Å². The third-order valence-electron chi connectivity index (χ3n) is 4.12. The zero-order valence-corrected chi connectivity index (χ0v) is 15.3. The summed E-state index contributed by atoms with van der Waals surface area (Å²) in [5.41, 5.74) is 1.35. The molecule has 3 rings (SSSR count). The summed E-state index contributed by atoms with van der Waals surface area (Å²) in [4.78, 5) is 14.1. The molecule has 0 aliphatic carbocycles. The largest absolute Gasteiger partial charge is 0.484 e. The van der Waals surface area contributed by atoms with E-state index in [9.17, 15) is 17.6 Å². The van der Waals surface area contributed by atoms with Gasteiger partial charge in [0.05, 0.1) is 9.92 Å². The van der Waals surface area contributed by atoms with Crippen molar-refractivity contribution < 1.29 is 22.3 Å². The van der Waals surface area contributed by atoms with Crippen LogP contribution >= 0.6 is 11.6 Å². The van der Waals surface area contributed by atoms with Crippen LogP contribution in [0.1, 0.15) is 12.5 Å². The van der Waals surface area contributed by atoms with Crippen LogP contribution < -0.4 is 14.8 Å². The molecule has 138 valence electrons. The smallest absolute Gasteiger partial charge is 0.265 e. The maximum atomic E-state index is 13.2. The van der Waals surface area contributed by atoms with Crippen molar-refractivity contribution in [1.82, 2.24) is 0 Å². The lowest BCUT2D eigenvalue weighted by Gasteiger charge is -2.23. The number of benzene rings is 2. The molecule has 1 unspecified atom stereocenters. The van der Waals surface area contributed by atoms with Gasteiger partial charge in [-0.1, -0.05) is 11.6 Å². The Morgan fingerprint density at radius 1 is 1.35 bits per heavy atom. The first-order chi connectivity index (χ1) is 12.2. The fourth-order valence-electron chi connectivity index (χ4n) is 2.95. The third-order valence-corrected chi connectivity index (χ3v) is 5.32. The number of primary sulfonamides is 1. The van der Waals surface area contributed by atoms with Crippen LogP contribution in [0.5, 0.6) is 5.75 Å². The van der Waals surface area contributed by atoms with Crippen molar-refractivity contribution in [3.05, 3.63) is 52.8 Å². The molecule has 0 radical (unpaired) electrons. The van der Waals surface area contributed by atoms with E-state index in [4.69, 9.17) is 21.5 Å². The Hall–Kier alpha value is -2.16. The van der Waals surface area contributed by atoms with E-state index in [1.165, 1.54) is 24.3 Å². The number of halogens is 2. The van der Waals surface area contributed by atoms with E-state index < -0.39 is 15.8 Å². The molecule has 9 heteroatoms. The SMILES string of the molecule is CC1Cc2cc(S(N)(=O)=O)ccc2N1C(=O)COc1ccc(F)c(Cl)c1. The van der Waals surface area contributed by atoms with E-state index in [2.05, 4.69) is 0 Å². The van der Waals surface area contributed by atoms with Gasteiger partial charge in [0.25, 0.3) is 5.91 Å². The van der Waals surface area contributed by atoms with Gasteiger partial charge in [0, 0.05) is 17.8 Å². The van der Waals surface area contributed by atoms with Crippen molar-refractivity contribution in [3.63, 3.8) is 0 Å². The quantitative estimate of drug-likeness (QED) is 0.856. The fourth-order valence-corrected chi connectivity index (χ4v) is 3.68. The second kappa shape index (κ2) is 6.86. The highest BCUT2D eigenvalue weighted by Gasteiger charge is 2.32. The number of nitrogens with two attached hydrogens (primary N) is 1. The molecule has 0 aromatic heterocycles. The van der Waals surface area contributed by atoms with Gasteiger partial charge in [-0.05, 0) is 49.2 Å². The van der Waals surface area contributed by atoms with Gasteiger partial charge in [0.1, 0.15) is 11.6 Å². The molecule has 0 fully saturated rings. The predicted octanol–water partition coefficient (Wildman–Crippen LogP) is 2.48. The number of carbonyl (C=O) groups is 1. The number of hydrogen-bond donors (Lipinski definition) is 1. The number of carbonyl (C=O) groups excluding carboxylic acids is 1. The first-order valence-corrected chi connectivity index (χ1v) is 9.65. The van der Waals surface area contributed by atoms with E-state index in [1.807, 2.05) is 6.92 Å². The summed E-state index contributed by atoms with van der Waals surface area (Å²) in [5, 5.41) is 5.06. The maximum Gasteiger partial charge on any atom is 0.265 e. The summed E-state index contributed by atoms with van der Waals surface area (Å²) in [6.45, 7) is 1.59. The van der Waals surface area contributed by atoms with Crippen LogP contribution in [0.2, 0.25) is 5.02 Å². The molecule has 1 heterocycles. The van der Waals surface area contributed by atoms with E-state index >= 15 is 0 Å². The summed E-state index contributed by atoms with van der Waals surface area (Å²) in [6, 6.07) is 8.09. The molecule has 1 aliphatic heterocycles. The molecule has 1 aliphatic rings. The lowest BCUT2D eigenvalue weighted by atomic mass is 10.1. The Morgan fingerprint density at radius 2 is 2.08 bits per heavy atom. The minimum Gasteiger partial charge on any atom is -0.484 e. The van der Waals surface area contributed by atoms with E-state index in [0.29, 0.717) is 12.1 Å². The number of ether oxygens (including phenoxy) is 1. The average Bonchev–Trinajstić information content (AvgIpc) is 2.89. The van der Waals surface area contributed by atoms with Gasteiger partial charge in [-0.2, -0.15) is 0 Å². The number of anilines is 1. The maximum absolute atomic E-state index is 13.2. The fraction of sp³-hybridized carbons (Fsp3) is 0.235. The van der Waals surface area contributed by atoms with Crippen molar-refractivity contribution in [2.75, 3.05) is 11.5 Å². The van der Waals surface area contributed by atoms with Gasteiger partial charge in [-0.3, -0.25) is 4.79 Å². The normalized spacial score (nSPS) is 16.5. The van der Waals surface area contributed by atoms with Crippen molar-refractivity contribution in [2.24, 2.45) is 5.14 Å². The van der Waals surface area contributed by atoms with Crippen molar-refractivity contribution in [2.45, 2.75) is 24.3 Å². The van der Waals surface area contributed by atoms with Gasteiger partial charge in [-0.25, -0.2) is 17.9 Å². The molecule has 0 saturated heterocycles. The zero-order valence-electron chi connectivity index (χ0n) is 13.8. The molecule has 2 N–H and O–H groups in total. The Labute approximate surface area is 155 Å². The molecule has 0 bridgehead atoms. The summed E-state index contributed by atoms with van der Waals surface area (Å²) in [6.07, 6.45) is 0.507. The average molecular weight is 399 g/mol. The number of fused-ring (bicyclic) bond motifs is 1. The first-order valence-electron chi connectivity index (χ1n) is 7.72. The summed E-state index contributed by atoms with van der Waals surface area (Å²) in [5.74, 6) is -0.598. The molecular formula is C17H16ClFN2O4S. The molecule has 0 spiro atoms. The number of nitrogens with zero attached hydrogens (tertiary/aromatic N) is 1. The van der Waals surface area contributed by atoms with Crippen molar-refractivity contribution >= 4 is 33.2 Å². The molecule has 26 heavy (non-hydrogen) atoms. The monoisotopic (exact) mass is 398 g/mol. The van der Waals surface area contributed by atoms with Crippen LogP contribution in [0.25, 0.3) is 0 Å². The highest BCUT2D eigenvalue weighted by molar-refractivity contribution is 7.89. The second-order valence-corrected chi connectivity index (χ2v) is 7.99. The Bertz CT molecular complexity index is 981. The standard InChI is InChI=1S/C17H16ClFN2O4S/c1-10-6-11-7-13(26(20,23)24)3-5-16(11)21(10)17(22)9-25-12-2-4-15(19)14(18)8-12/h2-5,7-8,10H,6,9H2,1H3,(H2,20,23,24). The molecule has 1 amide bonds. The van der Waals surface area contributed by atoms with Gasteiger partial charge in [0.2, 0.25) is 10.0 Å². The van der Waals surface area contributed by atoms with Crippen molar-refractivity contribution in [1.29, 1.82) is 0 Å². The third kappa shape index (κ3) is 3.67. The number of sulfonamides is 1. The number of rotatable bonds is 4. The Morgan fingerprint density at radius 3 is 2.73 bits per heavy atom. The molecule has 6 nitrogen and oxygen atoms in total. The molecule has 2 aromatic rings.